The molecule has 1 amide bonds. The molecule has 2 aromatic carbocycles. The zero-order valence-electron chi connectivity index (χ0n) is 11.7. The van der Waals surface area contributed by atoms with Gasteiger partial charge in [-0.05, 0) is 36.8 Å². The highest BCUT2D eigenvalue weighted by atomic mass is 79.9. The second-order valence-corrected chi connectivity index (χ2v) is 5.50. The number of amides is 1. The molecule has 0 heterocycles. The Kier molecular flexibility index (Phi) is 5.22. The first kappa shape index (κ1) is 15.4. The normalized spacial score (nSPS) is 10.2. The van der Waals surface area contributed by atoms with Crippen molar-refractivity contribution >= 4 is 27.5 Å². The molecule has 0 saturated heterocycles. The van der Waals surface area contributed by atoms with Crippen molar-refractivity contribution in [1.82, 2.24) is 5.32 Å². The van der Waals surface area contributed by atoms with E-state index in [2.05, 4.69) is 21.2 Å². The van der Waals surface area contributed by atoms with Crippen LogP contribution in [0.3, 0.4) is 0 Å². The number of nitrogen functional groups attached to an aromatic ring is 1. The number of hydrogen-bond donors (Lipinski definition) is 2. The molecule has 0 unspecified atom stereocenters. The molecule has 0 atom stereocenters. The van der Waals surface area contributed by atoms with Crippen LogP contribution < -0.4 is 15.8 Å². The third kappa shape index (κ3) is 4.23. The molecule has 0 saturated carbocycles. The van der Waals surface area contributed by atoms with Crippen LogP contribution in [-0.2, 0) is 0 Å². The largest absolute Gasteiger partial charge is 0.492 e. The van der Waals surface area contributed by atoms with Crippen molar-refractivity contribution < 1.29 is 9.53 Å². The summed E-state index contributed by atoms with van der Waals surface area (Å²) in [6.45, 7) is 2.68. The molecule has 110 valence electrons. The van der Waals surface area contributed by atoms with Crippen molar-refractivity contribution in [3.05, 3.63) is 58.1 Å². The van der Waals surface area contributed by atoms with Gasteiger partial charge in [0.1, 0.15) is 12.4 Å². The van der Waals surface area contributed by atoms with Gasteiger partial charge in [-0.2, -0.15) is 0 Å². The number of hydrogen-bond acceptors (Lipinski definition) is 3. The van der Waals surface area contributed by atoms with Gasteiger partial charge in [0.15, 0.2) is 0 Å². The van der Waals surface area contributed by atoms with Gasteiger partial charge in [0.05, 0.1) is 6.54 Å². The highest BCUT2D eigenvalue weighted by Crippen LogP contribution is 2.22. The van der Waals surface area contributed by atoms with E-state index in [0.29, 0.717) is 24.4 Å². The minimum Gasteiger partial charge on any atom is -0.492 e. The Morgan fingerprint density at radius 2 is 2.00 bits per heavy atom. The van der Waals surface area contributed by atoms with E-state index in [4.69, 9.17) is 10.5 Å². The summed E-state index contributed by atoms with van der Waals surface area (Å²) < 4.78 is 6.31. The zero-order valence-corrected chi connectivity index (χ0v) is 13.3. The molecule has 2 aromatic rings. The van der Waals surface area contributed by atoms with Crippen LogP contribution in [-0.4, -0.2) is 19.1 Å². The van der Waals surface area contributed by atoms with E-state index in [1.54, 1.807) is 12.1 Å². The number of ether oxygens (including phenoxy) is 1. The maximum absolute atomic E-state index is 12.1. The molecular weight excluding hydrogens is 332 g/mol. The van der Waals surface area contributed by atoms with Crippen molar-refractivity contribution in [2.75, 3.05) is 18.9 Å². The van der Waals surface area contributed by atoms with Crippen LogP contribution in [0.25, 0.3) is 0 Å². The van der Waals surface area contributed by atoms with Gasteiger partial charge in [0.2, 0.25) is 0 Å². The van der Waals surface area contributed by atoms with Gasteiger partial charge in [-0.3, -0.25) is 4.79 Å². The molecule has 0 aliphatic carbocycles. The molecule has 0 aromatic heterocycles. The van der Waals surface area contributed by atoms with Gasteiger partial charge in [0, 0.05) is 15.7 Å². The second-order valence-electron chi connectivity index (χ2n) is 4.58. The fraction of sp³-hybridized carbons (Fsp3) is 0.188. The van der Waals surface area contributed by atoms with Crippen molar-refractivity contribution in [2.24, 2.45) is 0 Å². The predicted molar refractivity (Wildman–Crippen MR) is 87.6 cm³/mol. The molecule has 0 fully saturated rings. The Bertz CT molecular complexity index is 630. The summed E-state index contributed by atoms with van der Waals surface area (Å²) in [7, 11) is 0. The van der Waals surface area contributed by atoms with Crippen LogP contribution in [0, 0.1) is 6.92 Å². The lowest BCUT2D eigenvalue weighted by atomic mass is 10.1. The van der Waals surface area contributed by atoms with E-state index in [0.717, 1.165) is 15.8 Å². The molecule has 0 aliphatic rings. The smallest absolute Gasteiger partial charge is 0.251 e. The predicted octanol–water partition coefficient (Wildman–Crippen LogP) is 3.15. The first-order chi connectivity index (χ1) is 10.1. The van der Waals surface area contributed by atoms with E-state index in [9.17, 15) is 4.79 Å². The molecule has 0 radical (unpaired) electrons. The first-order valence-corrected chi connectivity index (χ1v) is 7.39. The fourth-order valence-corrected chi connectivity index (χ4v) is 2.36. The van der Waals surface area contributed by atoms with Gasteiger partial charge >= 0.3 is 0 Å². The van der Waals surface area contributed by atoms with Crippen molar-refractivity contribution in [1.29, 1.82) is 0 Å². The van der Waals surface area contributed by atoms with Crippen LogP contribution in [0.15, 0.2) is 46.9 Å². The Hall–Kier alpha value is -2.01. The zero-order chi connectivity index (χ0) is 15.2. The highest BCUT2D eigenvalue weighted by Gasteiger charge is 2.11. The van der Waals surface area contributed by atoms with E-state index < -0.39 is 0 Å². The summed E-state index contributed by atoms with van der Waals surface area (Å²) in [4.78, 5) is 12.1. The molecule has 3 N–H and O–H groups in total. The van der Waals surface area contributed by atoms with E-state index >= 15 is 0 Å². The summed E-state index contributed by atoms with van der Waals surface area (Å²) in [6, 6.07) is 13.0. The molecular formula is C16H17BrN2O2. The number of rotatable bonds is 5. The average molecular weight is 349 g/mol. The monoisotopic (exact) mass is 348 g/mol. The molecule has 0 bridgehead atoms. The molecule has 0 spiro atoms. The number of halogens is 1. The lowest BCUT2D eigenvalue weighted by Gasteiger charge is -2.11. The van der Waals surface area contributed by atoms with Gasteiger partial charge in [-0.1, -0.05) is 34.1 Å². The number of nitrogens with two attached hydrogens (primary N) is 1. The lowest BCUT2D eigenvalue weighted by Crippen LogP contribution is -2.28. The Morgan fingerprint density at radius 1 is 1.29 bits per heavy atom. The topological polar surface area (TPSA) is 64.4 Å². The number of benzene rings is 2. The minimum atomic E-state index is -0.155. The summed E-state index contributed by atoms with van der Waals surface area (Å²) in [5, 5.41) is 2.82. The fourth-order valence-electron chi connectivity index (χ4n) is 1.88. The quantitative estimate of drug-likeness (QED) is 0.644. The SMILES string of the molecule is Cc1c(N)cc(Br)cc1C(=O)NCCOc1ccccc1. The Morgan fingerprint density at radius 3 is 2.71 bits per heavy atom. The standard InChI is InChI=1S/C16H17BrN2O2/c1-11-14(9-12(17)10-15(11)18)16(20)19-7-8-21-13-5-3-2-4-6-13/h2-6,9-10H,7-8,18H2,1H3,(H,19,20). The van der Waals surface area contributed by atoms with Crippen LogP contribution >= 0.6 is 15.9 Å². The van der Waals surface area contributed by atoms with Crippen molar-refractivity contribution in [2.45, 2.75) is 6.92 Å². The van der Waals surface area contributed by atoms with Gasteiger partial charge < -0.3 is 15.8 Å². The van der Waals surface area contributed by atoms with Gasteiger partial charge in [-0.25, -0.2) is 0 Å². The molecule has 21 heavy (non-hydrogen) atoms. The number of carbonyl (C=O) groups is 1. The third-order valence-electron chi connectivity index (χ3n) is 3.06. The minimum absolute atomic E-state index is 0.155. The number of anilines is 1. The molecule has 2 rings (SSSR count). The number of nitrogens with one attached hydrogen (secondary N) is 1. The second kappa shape index (κ2) is 7.13. The van der Waals surface area contributed by atoms with Crippen LogP contribution in [0.2, 0.25) is 0 Å². The summed E-state index contributed by atoms with van der Waals surface area (Å²) in [5.74, 6) is 0.631. The van der Waals surface area contributed by atoms with Crippen LogP contribution in [0.5, 0.6) is 5.75 Å². The third-order valence-corrected chi connectivity index (χ3v) is 3.51. The van der Waals surface area contributed by atoms with E-state index in [-0.39, 0.29) is 5.91 Å². The molecule has 4 nitrogen and oxygen atoms in total. The van der Waals surface area contributed by atoms with Gasteiger partial charge in [-0.15, -0.1) is 0 Å². The Balaban J connectivity index is 1.88. The van der Waals surface area contributed by atoms with E-state index in [1.165, 1.54) is 0 Å². The first-order valence-electron chi connectivity index (χ1n) is 6.59. The van der Waals surface area contributed by atoms with Crippen molar-refractivity contribution in [3.63, 3.8) is 0 Å². The molecule has 0 aliphatic heterocycles. The highest BCUT2D eigenvalue weighted by molar-refractivity contribution is 9.10. The van der Waals surface area contributed by atoms with Gasteiger partial charge in [0.25, 0.3) is 5.91 Å². The summed E-state index contributed by atoms with van der Waals surface area (Å²) >= 11 is 3.34. The average Bonchev–Trinajstić information content (AvgIpc) is 2.48. The maximum atomic E-state index is 12.1. The maximum Gasteiger partial charge on any atom is 0.251 e. The Labute approximate surface area is 132 Å². The van der Waals surface area contributed by atoms with Crippen LogP contribution in [0.4, 0.5) is 5.69 Å². The molecule has 5 heteroatoms. The lowest BCUT2D eigenvalue weighted by molar-refractivity contribution is 0.0946. The summed E-state index contributed by atoms with van der Waals surface area (Å²) in [6.07, 6.45) is 0. The number of para-hydroxylation sites is 1. The summed E-state index contributed by atoms with van der Waals surface area (Å²) in [5.41, 5.74) is 7.80. The van der Waals surface area contributed by atoms with Crippen LogP contribution in [0.1, 0.15) is 15.9 Å². The van der Waals surface area contributed by atoms with E-state index in [1.807, 2.05) is 37.3 Å². The van der Waals surface area contributed by atoms with Crippen molar-refractivity contribution in [3.8, 4) is 5.75 Å². The number of carbonyl (C=O) groups excluding carboxylic acids is 1.